The number of hydrogen-bond donors (Lipinski definition) is 2. The molecule has 6 heteroatoms. The van der Waals surface area contributed by atoms with E-state index in [0.717, 1.165) is 49.2 Å². The summed E-state index contributed by atoms with van der Waals surface area (Å²) in [5.74, 6) is -0.284. The van der Waals surface area contributed by atoms with Gasteiger partial charge in [-0.25, -0.2) is 4.79 Å². The fourth-order valence-electron chi connectivity index (χ4n) is 3.10. The molecule has 1 aliphatic rings. The number of carbonyl (C=O) groups excluding carboxylic acids is 1. The fraction of sp³-hybridized carbons (Fsp3) is 0.368. The second kappa shape index (κ2) is 8.45. The minimum Gasteiger partial charge on any atom is -0.465 e. The van der Waals surface area contributed by atoms with Gasteiger partial charge in [-0.2, -0.15) is 0 Å². The zero-order valence-corrected chi connectivity index (χ0v) is 15.9. The number of aryl methyl sites for hydroxylation is 2. The van der Waals surface area contributed by atoms with E-state index in [1.54, 1.807) is 11.3 Å². The molecule has 0 unspecified atom stereocenters. The minimum absolute atomic E-state index is 0.284. The van der Waals surface area contributed by atoms with Crippen molar-refractivity contribution in [2.45, 2.75) is 32.1 Å². The number of benzene rings is 1. The quantitative estimate of drug-likeness (QED) is 0.456. The normalized spacial score (nSPS) is 12.5. The van der Waals surface area contributed by atoms with Gasteiger partial charge in [0.15, 0.2) is 5.11 Å². The van der Waals surface area contributed by atoms with Crippen LogP contribution in [0.5, 0.6) is 0 Å². The highest BCUT2D eigenvalue weighted by Gasteiger charge is 2.27. The summed E-state index contributed by atoms with van der Waals surface area (Å²) in [6, 6.07) is 10.4. The molecule has 0 radical (unpaired) electrons. The van der Waals surface area contributed by atoms with E-state index in [9.17, 15) is 4.79 Å². The molecule has 2 N–H and O–H groups in total. The highest BCUT2D eigenvalue weighted by molar-refractivity contribution is 7.80. The molecule has 0 bridgehead atoms. The molecular weight excluding hydrogens is 352 g/mol. The summed E-state index contributed by atoms with van der Waals surface area (Å²) in [5.41, 5.74) is 3.12. The Morgan fingerprint density at radius 3 is 2.84 bits per heavy atom. The van der Waals surface area contributed by atoms with Gasteiger partial charge in [-0.1, -0.05) is 30.3 Å². The van der Waals surface area contributed by atoms with Crippen LogP contribution >= 0.6 is 23.6 Å². The van der Waals surface area contributed by atoms with Crippen LogP contribution in [0.1, 0.15) is 39.2 Å². The Balaban J connectivity index is 1.54. The van der Waals surface area contributed by atoms with Crippen molar-refractivity contribution in [1.82, 2.24) is 5.32 Å². The third-order valence-corrected chi connectivity index (χ3v) is 5.76. The lowest BCUT2D eigenvalue weighted by Gasteiger charge is -2.11. The Kier molecular flexibility index (Phi) is 6.04. The number of thiophene rings is 1. The van der Waals surface area contributed by atoms with Crippen molar-refractivity contribution in [3.8, 4) is 0 Å². The number of hydrogen-bond acceptors (Lipinski definition) is 4. The number of thiocarbonyl (C=S) groups is 1. The lowest BCUT2D eigenvalue weighted by molar-refractivity contribution is 0.0601. The fourth-order valence-corrected chi connectivity index (χ4v) is 4.65. The average Bonchev–Trinajstić information content (AvgIpc) is 3.19. The van der Waals surface area contributed by atoms with Gasteiger partial charge >= 0.3 is 5.97 Å². The monoisotopic (exact) mass is 374 g/mol. The number of nitrogens with one attached hydrogen (secondary N) is 2. The van der Waals surface area contributed by atoms with E-state index in [1.165, 1.54) is 17.6 Å². The first-order valence-corrected chi connectivity index (χ1v) is 9.73. The smallest absolute Gasteiger partial charge is 0.341 e. The maximum absolute atomic E-state index is 12.1. The van der Waals surface area contributed by atoms with Crippen LogP contribution in [0.2, 0.25) is 0 Å². The molecule has 132 valence electrons. The van der Waals surface area contributed by atoms with Crippen LogP contribution in [0.15, 0.2) is 30.3 Å². The molecule has 0 saturated carbocycles. The van der Waals surface area contributed by atoms with Crippen molar-refractivity contribution in [2.75, 3.05) is 19.0 Å². The Bertz CT molecular complexity index is 756. The summed E-state index contributed by atoms with van der Waals surface area (Å²) in [5, 5.41) is 7.77. The minimum atomic E-state index is -0.284. The molecule has 25 heavy (non-hydrogen) atoms. The van der Waals surface area contributed by atoms with Crippen molar-refractivity contribution in [3.05, 3.63) is 51.9 Å². The first-order chi connectivity index (χ1) is 12.2. The summed E-state index contributed by atoms with van der Waals surface area (Å²) < 4.78 is 4.95. The van der Waals surface area contributed by atoms with E-state index in [4.69, 9.17) is 17.0 Å². The van der Waals surface area contributed by atoms with Crippen LogP contribution in [0.25, 0.3) is 0 Å². The molecule has 4 nitrogen and oxygen atoms in total. The zero-order chi connectivity index (χ0) is 17.6. The molecule has 0 fully saturated rings. The number of esters is 1. The maximum Gasteiger partial charge on any atom is 0.341 e. The molecule has 1 aliphatic carbocycles. The zero-order valence-electron chi connectivity index (χ0n) is 14.3. The highest BCUT2D eigenvalue weighted by Crippen LogP contribution is 2.39. The van der Waals surface area contributed by atoms with Crippen molar-refractivity contribution >= 4 is 39.6 Å². The van der Waals surface area contributed by atoms with Gasteiger partial charge in [-0.05, 0) is 55.4 Å². The number of methoxy groups -OCH3 is 1. The van der Waals surface area contributed by atoms with Crippen molar-refractivity contribution < 1.29 is 9.53 Å². The third kappa shape index (κ3) is 4.38. The Hall–Kier alpha value is -1.92. The predicted molar refractivity (Wildman–Crippen MR) is 107 cm³/mol. The number of ether oxygens (including phenoxy) is 1. The molecule has 0 amide bonds. The lowest BCUT2D eigenvalue weighted by atomic mass is 10.1. The van der Waals surface area contributed by atoms with Crippen LogP contribution < -0.4 is 10.6 Å². The van der Waals surface area contributed by atoms with Crippen LogP contribution in [-0.4, -0.2) is 24.7 Å². The topological polar surface area (TPSA) is 50.4 Å². The van der Waals surface area contributed by atoms with Gasteiger partial charge in [0.25, 0.3) is 0 Å². The summed E-state index contributed by atoms with van der Waals surface area (Å²) in [6.45, 7) is 0.791. The van der Waals surface area contributed by atoms with Crippen LogP contribution in [0, 0.1) is 0 Å². The maximum atomic E-state index is 12.1. The van der Waals surface area contributed by atoms with E-state index in [1.807, 2.05) is 6.07 Å². The first kappa shape index (κ1) is 17.9. The van der Waals surface area contributed by atoms with E-state index in [0.29, 0.717) is 10.7 Å². The molecule has 0 aliphatic heterocycles. The van der Waals surface area contributed by atoms with Crippen LogP contribution in [-0.2, 0) is 24.0 Å². The SMILES string of the molecule is COC(=O)c1c(NC(=S)NCCCc2ccccc2)sc2c1CCC2. The first-order valence-electron chi connectivity index (χ1n) is 8.50. The molecule has 3 rings (SSSR count). The molecule has 0 atom stereocenters. The molecule has 1 heterocycles. The van der Waals surface area contributed by atoms with Crippen LogP contribution in [0.4, 0.5) is 5.00 Å². The van der Waals surface area contributed by atoms with E-state index < -0.39 is 0 Å². The van der Waals surface area contributed by atoms with Gasteiger partial charge in [-0.15, -0.1) is 11.3 Å². The predicted octanol–water partition coefficient (Wildman–Crippen LogP) is 3.94. The second-order valence-electron chi connectivity index (χ2n) is 6.02. The summed E-state index contributed by atoms with van der Waals surface area (Å²) in [7, 11) is 1.42. The average molecular weight is 375 g/mol. The van der Waals surface area contributed by atoms with Gasteiger partial charge < -0.3 is 15.4 Å². The van der Waals surface area contributed by atoms with Crippen LogP contribution in [0.3, 0.4) is 0 Å². The summed E-state index contributed by atoms with van der Waals surface area (Å²) in [4.78, 5) is 13.4. The van der Waals surface area contributed by atoms with Gasteiger partial charge in [0, 0.05) is 11.4 Å². The van der Waals surface area contributed by atoms with Gasteiger partial charge in [0.1, 0.15) is 5.00 Å². The number of anilines is 1. The largest absolute Gasteiger partial charge is 0.465 e. The Labute approximate surface area is 157 Å². The molecule has 1 aromatic heterocycles. The van der Waals surface area contributed by atoms with E-state index >= 15 is 0 Å². The van der Waals surface area contributed by atoms with Crippen molar-refractivity contribution in [1.29, 1.82) is 0 Å². The summed E-state index contributed by atoms with van der Waals surface area (Å²) in [6.07, 6.45) is 5.08. The molecule has 2 aromatic rings. The number of fused-ring (bicyclic) bond motifs is 1. The third-order valence-electron chi connectivity index (χ3n) is 4.31. The van der Waals surface area contributed by atoms with Gasteiger partial charge in [0.2, 0.25) is 0 Å². The van der Waals surface area contributed by atoms with E-state index in [-0.39, 0.29) is 5.97 Å². The standard InChI is InChI=1S/C19H22N2O2S2/c1-23-18(22)16-14-10-5-11-15(14)25-17(16)21-19(24)20-12-6-9-13-7-3-2-4-8-13/h2-4,7-8H,5-6,9-12H2,1H3,(H2,20,21,24). The molecule has 1 aromatic carbocycles. The molecular formula is C19H22N2O2S2. The van der Waals surface area contributed by atoms with Crippen molar-refractivity contribution in [2.24, 2.45) is 0 Å². The number of carbonyl (C=O) groups is 1. The van der Waals surface area contributed by atoms with Gasteiger partial charge in [0.05, 0.1) is 12.7 Å². The number of rotatable bonds is 6. The Morgan fingerprint density at radius 1 is 1.28 bits per heavy atom. The lowest BCUT2D eigenvalue weighted by Crippen LogP contribution is -2.29. The molecule has 0 saturated heterocycles. The van der Waals surface area contributed by atoms with Gasteiger partial charge in [-0.3, -0.25) is 0 Å². The Morgan fingerprint density at radius 2 is 2.08 bits per heavy atom. The summed E-state index contributed by atoms with van der Waals surface area (Å²) >= 11 is 7.00. The van der Waals surface area contributed by atoms with E-state index in [2.05, 4.69) is 34.9 Å². The van der Waals surface area contributed by atoms with Crippen molar-refractivity contribution in [3.63, 3.8) is 0 Å². The highest BCUT2D eigenvalue weighted by atomic mass is 32.1. The molecule has 0 spiro atoms. The second-order valence-corrected chi connectivity index (χ2v) is 7.54.